The molecule has 0 aliphatic rings. The van der Waals surface area contributed by atoms with Gasteiger partial charge in [0.25, 0.3) is 0 Å². The largest absolute Gasteiger partial charge is 0.508 e. The van der Waals surface area contributed by atoms with E-state index >= 15 is 0 Å². The summed E-state index contributed by atoms with van der Waals surface area (Å²) < 4.78 is 27.3. The van der Waals surface area contributed by atoms with E-state index in [-0.39, 0.29) is 13.2 Å². The number of ether oxygens (including phenoxy) is 2. The third kappa shape index (κ3) is 14.9. The lowest BCUT2D eigenvalue weighted by atomic mass is 10.3. The number of amides is 2. The molecular formula is C17H34N2O6P+. The van der Waals surface area contributed by atoms with Gasteiger partial charge in [0.2, 0.25) is 0 Å². The van der Waals surface area contributed by atoms with Crippen molar-refractivity contribution in [2.75, 3.05) is 32.5 Å². The van der Waals surface area contributed by atoms with E-state index < -0.39 is 26.3 Å². The van der Waals surface area contributed by atoms with Crippen LogP contribution in [0.25, 0.3) is 0 Å². The van der Waals surface area contributed by atoms with Crippen molar-refractivity contribution >= 4 is 20.2 Å². The van der Waals surface area contributed by atoms with Crippen molar-refractivity contribution in [2.24, 2.45) is 0 Å². The second kappa shape index (κ2) is 17.0. The van der Waals surface area contributed by atoms with Gasteiger partial charge in [-0.1, -0.05) is 40.0 Å². The summed E-state index contributed by atoms with van der Waals surface area (Å²) in [5.41, 5.74) is 0. The Morgan fingerprint density at radius 3 is 2.04 bits per heavy atom. The smallest absolute Gasteiger partial charge is 0.446 e. The molecule has 2 amide bonds. The highest BCUT2D eigenvalue weighted by molar-refractivity contribution is 7.39. The van der Waals surface area contributed by atoms with Gasteiger partial charge in [0, 0.05) is 13.1 Å². The molecule has 2 unspecified atom stereocenters. The molecule has 0 heterocycles. The third-order valence-electron chi connectivity index (χ3n) is 3.37. The van der Waals surface area contributed by atoms with Gasteiger partial charge in [0.15, 0.2) is 12.3 Å². The minimum atomic E-state index is -1.81. The van der Waals surface area contributed by atoms with Gasteiger partial charge in [-0.05, 0) is 23.8 Å². The highest BCUT2D eigenvalue weighted by atomic mass is 31.1. The molecule has 2 N–H and O–H groups in total. The van der Waals surface area contributed by atoms with E-state index in [0.717, 1.165) is 38.5 Å². The fourth-order valence-electron chi connectivity index (χ4n) is 1.78. The maximum absolute atomic E-state index is 11.8. The van der Waals surface area contributed by atoms with E-state index in [2.05, 4.69) is 10.6 Å². The van der Waals surface area contributed by atoms with E-state index in [1.807, 2.05) is 20.8 Å². The van der Waals surface area contributed by atoms with Gasteiger partial charge in [0.1, 0.15) is 13.2 Å². The molecule has 0 aromatic carbocycles. The summed E-state index contributed by atoms with van der Waals surface area (Å²) in [4.78, 5) is 23.4. The first-order valence-electron chi connectivity index (χ1n) is 9.46. The minimum absolute atomic E-state index is 0.0810. The van der Waals surface area contributed by atoms with Crippen LogP contribution >= 0.6 is 8.03 Å². The van der Waals surface area contributed by atoms with Gasteiger partial charge in [0.05, 0.1) is 0 Å². The second-order valence-corrected chi connectivity index (χ2v) is 7.26. The summed E-state index contributed by atoms with van der Waals surface area (Å²) in [6, 6.07) is 0. The summed E-state index contributed by atoms with van der Waals surface area (Å²) in [6.45, 7) is 6.83. The Morgan fingerprint density at radius 1 is 0.885 bits per heavy atom. The molecule has 0 spiro atoms. The zero-order chi connectivity index (χ0) is 19.6. The lowest BCUT2D eigenvalue weighted by Gasteiger charge is -2.16. The quantitative estimate of drug-likeness (QED) is 0.322. The van der Waals surface area contributed by atoms with Gasteiger partial charge in [-0.15, -0.1) is 4.52 Å². The van der Waals surface area contributed by atoms with Crippen LogP contribution in [0.5, 0.6) is 0 Å². The molecule has 0 saturated heterocycles. The summed E-state index contributed by atoms with van der Waals surface area (Å²) >= 11 is 0. The van der Waals surface area contributed by atoms with Gasteiger partial charge in [-0.3, -0.25) is 0 Å². The summed E-state index contributed by atoms with van der Waals surface area (Å²) in [6.07, 6.45) is 3.80. The molecule has 0 aliphatic heterocycles. The van der Waals surface area contributed by atoms with Crippen molar-refractivity contribution in [2.45, 2.75) is 65.4 Å². The standard InChI is InChI=1S/C17H33N2O6P/c1-4-7-10-18-16(20)23-13-15(14-24-26(22)12-9-6-3)25-17(21)19-11-8-5-2/h15H,4-14H2,1-3H3,(H-,18,19,20,21)/p+1. The van der Waals surface area contributed by atoms with Crippen molar-refractivity contribution in [1.82, 2.24) is 10.6 Å². The molecule has 0 bridgehead atoms. The summed E-state index contributed by atoms with van der Waals surface area (Å²) in [5, 5.41) is 5.23. The van der Waals surface area contributed by atoms with Crippen molar-refractivity contribution in [3.63, 3.8) is 0 Å². The first-order valence-corrected chi connectivity index (χ1v) is 10.8. The van der Waals surface area contributed by atoms with Crippen LogP contribution in [0.15, 0.2) is 0 Å². The van der Waals surface area contributed by atoms with Gasteiger partial charge in [-0.2, -0.15) is 0 Å². The normalized spacial score (nSPS) is 12.2. The summed E-state index contributed by atoms with van der Waals surface area (Å²) in [7, 11) is -1.81. The maximum Gasteiger partial charge on any atom is 0.508 e. The molecule has 0 aromatic rings. The molecule has 0 rings (SSSR count). The Labute approximate surface area is 157 Å². The average Bonchev–Trinajstić information content (AvgIpc) is 2.62. The van der Waals surface area contributed by atoms with Gasteiger partial charge >= 0.3 is 20.2 Å². The number of nitrogens with one attached hydrogen (secondary N) is 2. The number of hydrogen-bond donors (Lipinski definition) is 2. The predicted molar refractivity (Wildman–Crippen MR) is 101 cm³/mol. The van der Waals surface area contributed by atoms with Crippen LogP contribution in [0.4, 0.5) is 9.59 Å². The fraction of sp³-hybridized carbons (Fsp3) is 0.882. The predicted octanol–water partition coefficient (Wildman–Crippen LogP) is 3.97. The molecule has 0 fully saturated rings. The molecule has 0 saturated carbocycles. The highest BCUT2D eigenvalue weighted by Gasteiger charge is 2.24. The molecule has 0 radical (unpaired) electrons. The Balaban J connectivity index is 4.35. The van der Waals surface area contributed by atoms with E-state index in [9.17, 15) is 14.2 Å². The summed E-state index contributed by atoms with van der Waals surface area (Å²) in [5.74, 6) is 0. The lowest BCUT2D eigenvalue weighted by Crippen LogP contribution is -2.36. The van der Waals surface area contributed by atoms with Crippen LogP contribution in [0, 0.1) is 0 Å². The highest BCUT2D eigenvalue weighted by Crippen LogP contribution is 2.24. The van der Waals surface area contributed by atoms with E-state index in [1.54, 1.807) is 0 Å². The number of alkyl carbamates (subject to hydrolysis) is 2. The number of hydrogen-bond acceptors (Lipinski definition) is 6. The molecule has 26 heavy (non-hydrogen) atoms. The third-order valence-corrected chi connectivity index (χ3v) is 4.49. The van der Waals surface area contributed by atoms with Crippen molar-refractivity contribution < 1.29 is 28.2 Å². The monoisotopic (exact) mass is 393 g/mol. The molecular weight excluding hydrogens is 359 g/mol. The van der Waals surface area contributed by atoms with Gasteiger partial charge in [-0.25, -0.2) is 9.59 Å². The Hall–Kier alpha value is -1.40. The molecule has 152 valence electrons. The number of rotatable bonds is 15. The van der Waals surface area contributed by atoms with E-state index in [1.165, 1.54) is 0 Å². The molecule has 0 aromatic heterocycles. The van der Waals surface area contributed by atoms with Crippen LogP contribution in [-0.4, -0.2) is 50.8 Å². The first kappa shape index (κ1) is 24.6. The van der Waals surface area contributed by atoms with Crippen LogP contribution in [0.1, 0.15) is 59.3 Å². The maximum atomic E-state index is 11.8. The lowest BCUT2D eigenvalue weighted by molar-refractivity contribution is 0.0214. The SMILES string of the molecule is CCCCNC(=O)OCC(CO[P+](=O)CCCC)OC(=O)NCCCC. The first-order chi connectivity index (χ1) is 12.5. The van der Waals surface area contributed by atoms with Crippen molar-refractivity contribution in [1.29, 1.82) is 0 Å². The number of unbranched alkanes of at least 4 members (excludes halogenated alkanes) is 3. The van der Waals surface area contributed by atoms with Gasteiger partial charge < -0.3 is 20.1 Å². The van der Waals surface area contributed by atoms with E-state index in [4.69, 9.17) is 14.0 Å². The zero-order valence-corrected chi connectivity index (χ0v) is 17.1. The van der Waals surface area contributed by atoms with Crippen LogP contribution in [0.3, 0.4) is 0 Å². The van der Waals surface area contributed by atoms with Crippen molar-refractivity contribution in [3.8, 4) is 0 Å². The Morgan fingerprint density at radius 2 is 1.46 bits per heavy atom. The number of carbonyl (C=O) groups excluding carboxylic acids is 2. The van der Waals surface area contributed by atoms with Crippen molar-refractivity contribution in [3.05, 3.63) is 0 Å². The Kier molecular flexibility index (Phi) is 16.1. The topological polar surface area (TPSA) is 103 Å². The number of carbonyl (C=O) groups is 2. The van der Waals surface area contributed by atoms with Crippen LogP contribution < -0.4 is 10.6 Å². The molecule has 9 heteroatoms. The fourth-order valence-corrected chi connectivity index (χ4v) is 2.82. The van der Waals surface area contributed by atoms with Crippen LogP contribution in [0.2, 0.25) is 0 Å². The molecule has 8 nitrogen and oxygen atoms in total. The zero-order valence-electron chi connectivity index (χ0n) is 16.3. The Bertz CT molecular complexity index is 409. The second-order valence-electron chi connectivity index (χ2n) is 5.89. The van der Waals surface area contributed by atoms with E-state index in [0.29, 0.717) is 19.3 Å². The minimum Gasteiger partial charge on any atom is -0.446 e. The molecule has 0 aliphatic carbocycles. The van der Waals surface area contributed by atoms with Crippen LogP contribution in [-0.2, 0) is 18.6 Å². The average molecular weight is 393 g/mol. The molecule has 2 atom stereocenters.